The maximum atomic E-state index is 12.1. The molecule has 1 aliphatic rings. The van der Waals surface area contributed by atoms with Crippen LogP contribution in [0.3, 0.4) is 0 Å². The van der Waals surface area contributed by atoms with E-state index in [9.17, 15) is 4.79 Å². The molecule has 1 unspecified atom stereocenters. The first kappa shape index (κ1) is 13.8. The van der Waals surface area contributed by atoms with E-state index in [4.69, 9.17) is 5.84 Å². The van der Waals surface area contributed by atoms with E-state index in [2.05, 4.69) is 22.7 Å². The van der Waals surface area contributed by atoms with Crippen molar-refractivity contribution in [3.8, 4) is 0 Å². The molecule has 104 valence electrons. The molecule has 1 aliphatic carbocycles. The zero-order valence-corrected chi connectivity index (χ0v) is 11.4. The highest BCUT2D eigenvalue weighted by atomic mass is 16.1. The molecule has 0 saturated heterocycles. The molecule has 1 amide bonds. The summed E-state index contributed by atoms with van der Waals surface area (Å²) in [6.45, 7) is 2.08. The van der Waals surface area contributed by atoms with E-state index in [1.807, 2.05) is 0 Å². The minimum Gasteiger partial charge on any atom is -0.348 e. The third kappa shape index (κ3) is 3.67. The Balaban J connectivity index is 1.95. The van der Waals surface area contributed by atoms with Gasteiger partial charge < -0.3 is 10.7 Å². The molecule has 0 bridgehead atoms. The lowest BCUT2D eigenvalue weighted by atomic mass is 9.84. The van der Waals surface area contributed by atoms with Crippen molar-refractivity contribution in [2.45, 2.75) is 45.1 Å². The van der Waals surface area contributed by atoms with Gasteiger partial charge in [-0.05, 0) is 37.8 Å². The molecule has 0 aliphatic heterocycles. The number of carbonyl (C=O) groups excluding carboxylic acids is 1. The Labute approximate surface area is 114 Å². The lowest BCUT2D eigenvalue weighted by Gasteiger charge is -2.28. The topological polar surface area (TPSA) is 80.0 Å². The highest BCUT2D eigenvalue weighted by molar-refractivity contribution is 5.92. The molecule has 19 heavy (non-hydrogen) atoms. The van der Waals surface area contributed by atoms with Crippen LogP contribution in [-0.4, -0.2) is 16.9 Å². The van der Waals surface area contributed by atoms with Crippen molar-refractivity contribution in [2.24, 2.45) is 11.8 Å². The maximum absolute atomic E-state index is 12.1. The summed E-state index contributed by atoms with van der Waals surface area (Å²) < 4.78 is 0. The number of hydrazine groups is 1. The number of nitrogens with zero attached hydrogens (tertiary/aromatic N) is 1. The molecule has 4 N–H and O–H groups in total. The molecule has 1 aromatic rings. The van der Waals surface area contributed by atoms with Gasteiger partial charge in [-0.25, -0.2) is 10.8 Å². The maximum Gasteiger partial charge on any atom is 0.270 e. The van der Waals surface area contributed by atoms with Gasteiger partial charge in [0.15, 0.2) is 0 Å². The predicted octanol–water partition coefficient (Wildman–Crippen LogP) is 2.07. The quantitative estimate of drug-likeness (QED) is 0.573. The van der Waals surface area contributed by atoms with E-state index in [0.29, 0.717) is 17.4 Å². The second kappa shape index (κ2) is 6.52. The van der Waals surface area contributed by atoms with Crippen LogP contribution in [0.1, 0.15) is 49.5 Å². The molecule has 1 fully saturated rings. The molecule has 5 heteroatoms. The van der Waals surface area contributed by atoms with Gasteiger partial charge >= 0.3 is 0 Å². The van der Waals surface area contributed by atoms with Gasteiger partial charge in [0.05, 0.1) is 0 Å². The number of rotatable bonds is 4. The van der Waals surface area contributed by atoms with Crippen LogP contribution in [-0.2, 0) is 0 Å². The number of nitrogens with one attached hydrogen (secondary N) is 2. The molecule has 1 saturated carbocycles. The molecule has 0 spiro atoms. The van der Waals surface area contributed by atoms with Crippen LogP contribution in [0.4, 0.5) is 5.82 Å². The highest BCUT2D eigenvalue weighted by Gasteiger charge is 2.22. The number of carbonyl (C=O) groups is 1. The Bertz CT molecular complexity index is 429. The van der Waals surface area contributed by atoms with Gasteiger partial charge in [-0.15, -0.1) is 0 Å². The molecule has 1 aromatic heterocycles. The Kier molecular flexibility index (Phi) is 4.74. The zero-order chi connectivity index (χ0) is 13.7. The van der Waals surface area contributed by atoms with Gasteiger partial charge in [0.25, 0.3) is 5.91 Å². The summed E-state index contributed by atoms with van der Waals surface area (Å²) in [5, 5.41) is 3.05. The van der Waals surface area contributed by atoms with Crippen LogP contribution >= 0.6 is 0 Å². The van der Waals surface area contributed by atoms with E-state index in [0.717, 1.165) is 0 Å². The summed E-state index contributed by atoms with van der Waals surface area (Å²) in [4.78, 5) is 16.3. The third-order valence-electron chi connectivity index (χ3n) is 3.85. The fraction of sp³-hybridized carbons (Fsp3) is 0.571. The number of nitrogen functional groups attached to an aromatic ring is 1. The Hall–Kier alpha value is -1.62. The van der Waals surface area contributed by atoms with Gasteiger partial charge in [0.2, 0.25) is 0 Å². The van der Waals surface area contributed by atoms with E-state index in [-0.39, 0.29) is 11.9 Å². The highest BCUT2D eigenvalue weighted by Crippen LogP contribution is 2.26. The fourth-order valence-corrected chi connectivity index (χ4v) is 2.67. The number of anilines is 1. The van der Waals surface area contributed by atoms with Crippen molar-refractivity contribution < 1.29 is 4.79 Å². The largest absolute Gasteiger partial charge is 0.348 e. The molecule has 2 rings (SSSR count). The molecule has 1 heterocycles. The zero-order valence-electron chi connectivity index (χ0n) is 11.4. The Morgan fingerprint density at radius 3 is 2.79 bits per heavy atom. The molecular weight excluding hydrogens is 240 g/mol. The first-order valence-corrected chi connectivity index (χ1v) is 6.95. The van der Waals surface area contributed by atoms with Gasteiger partial charge in [-0.3, -0.25) is 4.79 Å². The third-order valence-corrected chi connectivity index (χ3v) is 3.85. The molecule has 0 radical (unpaired) electrons. The SMILES string of the molecule is CC(NC(=O)c1cccc(NN)n1)C1CCCCC1. The number of nitrogens with two attached hydrogens (primary N) is 1. The lowest BCUT2D eigenvalue weighted by Crippen LogP contribution is -2.39. The predicted molar refractivity (Wildman–Crippen MR) is 75.6 cm³/mol. The number of pyridine rings is 1. The van der Waals surface area contributed by atoms with Crippen molar-refractivity contribution in [1.82, 2.24) is 10.3 Å². The van der Waals surface area contributed by atoms with Crippen LogP contribution < -0.4 is 16.6 Å². The van der Waals surface area contributed by atoms with E-state index in [1.165, 1.54) is 32.1 Å². The first-order chi connectivity index (χ1) is 9.20. The minimum atomic E-state index is -0.129. The van der Waals surface area contributed by atoms with Crippen molar-refractivity contribution in [3.05, 3.63) is 23.9 Å². The summed E-state index contributed by atoms with van der Waals surface area (Å²) in [6.07, 6.45) is 6.28. The second-order valence-corrected chi connectivity index (χ2v) is 5.21. The fourth-order valence-electron chi connectivity index (χ4n) is 2.67. The standard InChI is InChI=1S/C14H22N4O/c1-10(11-6-3-2-4-7-11)16-14(19)12-8-5-9-13(17-12)18-15/h5,8-11H,2-4,6-7,15H2,1H3,(H,16,19)(H,17,18). The summed E-state index contributed by atoms with van der Waals surface area (Å²) in [6, 6.07) is 5.39. The average Bonchev–Trinajstić information content (AvgIpc) is 2.48. The smallest absolute Gasteiger partial charge is 0.270 e. The first-order valence-electron chi connectivity index (χ1n) is 6.95. The van der Waals surface area contributed by atoms with Crippen LogP contribution in [0.5, 0.6) is 0 Å². The van der Waals surface area contributed by atoms with Crippen LogP contribution in [0.2, 0.25) is 0 Å². The van der Waals surface area contributed by atoms with Gasteiger partial charge in [0, 0.05) is 6.04 Å². The molecule has 1 atom stereocenters. The van der Waals surface area contributed by atoms with Crippen LogP contribution in [0, 0.1) is 5.92 Å². The van der Waals surface area contributed by atoms with Crippen molar-refractivity contribution in [2.75, 3.05) is 5.43 Å². The average molecular weight is 262 g/mol. The van der Waals surface area contributed by atoms with Gasteiger partial charge in [-0.2, -0.15) is 0 Å². The van der Waals surface area contributed by atoms with Crippen molar-refractivity contribution in [3.63, 3.8) is 0 Å². The van der Waals surface area contributed by atoms with Crippen molar-refractivity contribution >= 4 is 11.7 Å². The molecule has 0 aromatic carbocycles. The second-order valence-electron chi connectivity index (χ2n) is 5.21. The Morgan fingerprint density at radius 1 is 1.37 bits per heavy atom. The molecule has 5 nitrogen and oxygen atoms in total. The number of hydrogen-bond donors (Lipinski definition) is 3. The van der Waals surface area contributed by atoms with E-state index in [1.54, 1.807) is 18.2 Å². The summed E-state index contributed by atoms with van der Waals surface area (Å²) >= 11 is 0. The number of hydrogen-bond acceptors (Lipinski definition) is 4. The lowest BCUT2D eigenvalue weighted by molar-refractivity contribution is 0.0914. The van der Waals surface area contributed by atoms with E-state index < -0.39 is 0 Å². The Morgan fingerprint density at radius 2 is 2.11 bits per heavy atom. The van der Waals surface area contributed by atoms with Crippen molar-refractivity contribution in [1.29, 1.82) is 0 Å². The summed E-state index contributed by atoms with van der Waals surface area (Å²) in [5.41, 5.74) is 2.85. The monoisotopic (exact) mass is 262 g/mol. The van der Waals surface area contributed by atoms with Gasteiger partial charge in [0.1, 0.15) is 11.5 Å². The summed E-state index contributed by atoms with van der Waals surface area (Å²) in [7, 11) is 0. The van der Waals surface area contributed by atoms with E-state index >= 15 is 0 Å². The van der Waals surface area contributed by atoms with Crippen LogP contribution in [0.25, 0.3) is 0 Å². The number of aromatic nitrogens is 1. The number of amides is 1. The molecular formula is C14H22N4O. The van der Waals surface area contributed by atoms with Crippen LogP contribution in [0.15, 0.2) is 18.2 Å². The normalized spacial score (nSPS) is 17.8. The summed E-state index contributed by atoms with van der Waals surface area (Å²) in [5.74, 6) is 6.25. The minimum absolute atomic E-state index is 0.129. The van der Waals surface area contributed by atoms with Gasteiger partial charge in [-0.1, -0.05) is 25.3 Å².